The number of anilines is 1. The van der Waals surface area contributed by atoms with E-state index >= 15 is 0 Å². The zero-order chi connectivity index (χ0) is 13.9. The van der Waals surface area contributed by atoms with Gasteiger partial charge in [0, 0.05) is 24.7 Å². The van der Waals surface area contributed by atoms with Crippen molar-refractivity contribution in [3.63, 3.8) is 0 Å². The first-order valence-corrected chi connectivity index (χ1v) is 7.46. The van der Waals surface area contributed by atoms with Gasteiger partial charge in [0.25, 0.3) is 0 Å². The summed E-state index contributed by atoms with van der Waals surface area (Å²) in [7, 11) is 0. The van der Waals surface area contributed by atoms with Gasteiger partial charge in [-0.2, -0.15) is 0 Å². The van der Waals surface area contributed by atoms with Gasteiger partial charge in [-0.3, -0.25) is 14.6 Å². The lowest BCUT2D eigenvalue weighted by Gasteiger charge is -2.40. The van der Waals surface area contributed by atoms with Gasteiger partial charge < -0.3 is 0 Å². The van der Waals surface area contributed by atoms with Crippen LogP contribution in [0.5, 0.6) is 0 Å². The molecule has 1 heterocycles. The van der Waals surface area contributed by atoms with Gasteiger partial charge in [-0.1, -0.05) is 37.5 Å². The number of para-hydroxylation sites is 1. The molecule has 1 saturated heterocycles. The van der Waals surface area contributed by atoms with Crippen LogP contribution in [0.15, 0.2) is 30.3 Å². The number of hydrogen-bond donors (Lipinski definition) is 0. The van der Waals surface area contributed by atoms with E-state index in [9.17, 15) is 9.59 Å². The third-order valence-electron chi connectivity index (χ3n) is 4.26. The summed E-state index contributed by atoms with van der Waals surface area (Å²) in [6.07, 6.45) is 5.80. The van der Waals surface area contributed by atoms with Crippen molar-refractivity contribution in [2.75, 3.05) is 11.4 Å². The van der Waals surface area contributed by atoms with Crippen molar-refractivity contribution in [2.45, 2.75) is 44.6 Å². The molecule has 1 aromatic carbocycles. The second-order valence-electron chi connectivity index (χ2n) is 5.58. The van der Waals surface area contributed by atoms with Gasteiger partial charge in [-0.05, 0) is 25.0 Å². The summed E-state index contributed by atoms with van der Waals surface area (Å²) in [6.45, 7) is 0.491. The molecule has 1 aliphatic heterocycles. The smallest absolute Gasteiger partial charge is 0.293 e. The van der Waals surface area contributed by atoms with E-state index in [0.717, 1.165) is 31.4 Å². The number of carbonyl (C=O) groups excluding carboxylic acids is 2. The number of urea groups is 1. The van der Waals surface area contributed by atoms with E-state index in [2.05, 4.69) is 0 Å². The van der Waals surface area contributed by atoms with E-state index in [1.165, 1.54) is 11.3 Å². The second kappa shape index (κ2) is 5.65. The molecule has 0 atom stereocenters. The SMILES string of the molecule is O=C1CCN(c2ccccc2)C(=O)N1C1CCCCC1. The molecule has 106 valence electrons. The lowest BCUT2D eigenvalue weighted by atomic mass is 9.93. The van der Waals surface area contributed by atoms with Gasteiger partial charge in [-0.25, -0.2) is 4.79 Å². The zero-order valence-corrected chi connectivity index (χ0v) is 11.6. The highest BCUT2D eigenvalue weighted by Gasteiger charge is 2.37. The maximum Gasteiger partial charge on any atom is 0.331 e. The number of nitrogens with zero attached hydrogens (tertiary/aromatic N) is 2. The molecule has 0 unspecified atom stereocenters. The summed E-state index contributed by atoms with van der Waals surface area (Å²) in [6, 6.07) is 9.59. The third kappa shape index (κ3) is 2.42. The molecular formula is C16H20N2O2. The molecule has 2 fully saturated rings. The first-order chi connectivity index (χ1) is 9.77. The quantitative estimate of drug-likeness (QED) is 0.829. The first kappa shape index (κ1) is 13.2. The summed E-state index contributed by atoms with van der Waals surface area (Å²) in [5.41, 5.74) is 0.880. The fourth-order valence-electron chi connectivity index (χ4n) is 3.21. The molecule has 1 saturated carbocycles. The highest BCUT2D eigenvalue weighted by molar-refractivity contribution is 6.05. The highest BCUT2D eigenvalue weighted by Crippen LogP contribution is 2.28. The molecule has 3 amide bonds. The van der Waals surface area contributed by atoms with Crippen LogP contribution in [-0.2, 0) is 4.79 Å². The predicted molar refractivity (Wildman–Crippen MR) is 77.5 cm³/mol. The fourth-order valence-corrected chi connectivity index (χ4v) is 3.21. The Morgan fingerprint density at radius 2 is 1.65 bits per heavy atom. The molecule has 0 aromatic heterocycles. The van der Waals surface area contributed by atoms with Crippen LogP contribution in [-0.4, -0.2) is 29.4 Å². The van der Waals surface area contributed by atoms with E-state index < -0.39 is 0 Å². The van der Waals surface area contributed by atoms with Crippen LogP contribution in [0.3, 0.4) is 0 Å². The van der Waals surface area contributed by atoms with Gasteiger partial charge in [0.05, 0.1) is 0 Å². The summed E-state index contributed by atoms with van der Waals surface area (Å²) in [4.78, 5) is 28.1. The Morgan fingerprint density at radius 3 is 2.35 bits per heavy atom. The predicted octanol–water partition coefficient (Wildman–Crippen LogP) is 3.18. The standard InChI is InChI=1S/C16H20N2O2/c19-15-11-12-17(13-7-3-1-4-8-13)16(20)18(15)14-9-5-2-6-10-14/h1,3-4,7-8,14H,2,5-6,9-12H2. The minimum absolute atomic E-state index is 0.00548. The van der Waals surface area contributed by atoms with E-state index in [4.69, 9.17) is 0 Å². The van der Waals surface area contributed by atoms with Gasteiger partial charge >= 0.3 is 6.03 Å². The van der Waals surface area contributed by atoms with Gasteiger partial charge in [0.1, 0.15) is 0 Å². The molecule has 0 N–H and O–H groups in total. The normalized spacial score (nSPS) is 21.4. The zero-order valence-electron chi connectivity index (χ0n) is 11.6. The van der Waals surface area contributed by atoms with Crippen LogP contribution < -0.4 is 4.90 Å². The van der Waals surface area contributed by atoms with Crippen molar-refractivity contribution in [1.82, 2.24) is 4.90 Å². The molecular weight excluding hydrogens is 252 g/mol. The van der Waals surface area contributed by atoms with Crippen LogP contribution in [0, 0.1) is 0 Å². The maximum atomic E-state index is 12.7. The van der Waals surface area contributed by atoms with Crippen molar-refractivity contribution in [1.29, 1.82) is 0 Å². The molecule has 20 heavy (non-hydrogen) atoms. The Labute approximate surface area is 119 Å². The fraction of sp³-hybridized carbons (Fsp3) is 0.500. The van der Waals surface area contributed by atoms with Crippen LogP contribution in [0.2, 0.25) is 0 Å². The number of imide groups is 1. The van der Waals surface area contributed by atoms with E-state index in [1.807, 2.05) is 30.3 Å². The van der Waals surface area contributed by atoms with E-state index in [-0.39, 0.29) is 18.0 Å². The lowest BCUT2D eigenvalue weighted by molar-refractivity contribution is -0.131. The highest BCUT2D eigenvalue weighted by atomic mass is 16.2. The van der Waals surface area contributed by atoms with Gasteiger partial charge in [0.2, 0.25) is 5.91 Å². The molecule has 1 aromatic rings. The Balaban J connectivity index is 1.82. The summed E-state index contributed by atoms with van der Waals surface area (Å²) in [5.74, 6) is -0.00548. The lowest BCUT2D eigenvalue weighted by Crippen LogP contribution is -2.56. The van der Waals surface area contributed by atoms with Crippen molar-refractivity contribution >= 4 is 17.6 Å². The molecule has 1 aliphatic carbocycles. The molecule has 3 rings (SSSR count). The number of carbonyl (C=O) groups is 2. The summed E-state index contributed by atoms with van der Waals surface area (Å²) < 4.78 is 0. The minimum Gasteiger partial charge on any atom is -0.293 e. The molecule has 4 nitrogen and oxygen atoms in total. The first-order valence-electron chi connectivity index (χ1n) is 7.46. The molecule has 4 heteroatoms. The summed E-state index contributed by atoms with van der Waals surface area (Å²) >= 11 is 0. The topological polar surface area (TPSA) is 40.6 Å². The Hall–Kier alpha value is -1.84. The Kier molecular flexibility index (Phi) is 3.72. The van der Waals surface area contributed by atoms with Crippen molar-refractivity contribution < 1.29 is 9.59 Å². The number of benzene rings is 1. The maximum absolute atomic E-state index is 12.7. The summed E-state index contributed by atoms with van der Waals surface area (Å²) in [5, 5.41) is 0. The molecule has 0 radical (unpaired) electrons. The van der Waals surface area contributed by atoms with Crippen LogP contribution in [0.4, 0.5) is 10.5 Å². The molecule has 0 bridgehead atoms. The van der Waals surface area contributed by atoms with Crippen LogP contribution >= 0.6 is 0 Å². The third-order valence-corrected chi connectivity index (χ3v) is 4.26. The minimum atomic E-state index is -0.139. The number of amides is 3. The molecule has 0 spiro atoms. The van der Waals surface area contributed by atoms with Crippen molar-refractivity contribution in [3.05, 3.63) is 30.3 Å². The van der Waals surface area contributed by atoms with Crippen LogP contribution in [0.1, 0.15) is 38.5 Å². The second-order valence-corrected chi connectivity index (χ2v) is 5.58. The van der Waals surface area contributed by atoms with Gasteiger partial charge in [0.15, 0.2) is 0 Å². The molecule has 2 aliphatic rings. The number of hydrogen-bond acceptors (Lipinski definition) is 2. The van der Waals surface area contributed by atoms with Crippen LogP contribution in [0.25, 0.3) is 0 Å². The Morgan fingerprint density at radius 1 is 0.950 bits per heavy atom. The van der Waals surface area contributed by atoms with E-state index in [0.29, 0.717) is 13.0 Å². The Bertz CT molecular complexity index is 494. The largest absolute Gasteiger partial charge is 0.331 e. The van der Waals surface area contributed by atoms with Gasteiger partial charge in [-0.15, -0.1) is 0 Å². The van der Waals surface area contributed by atoms with Crippen molar-refractivity contribution in [2.24, 2.45) is 0 Å². The average molecular weight is 272 g/mol. The van der Waals surface area contributed by atoms with E-state index in [1.54, 1.807) is 4.90 Å². The number of rotatable bonds is 2. The monoisotopic (exact) mass is 272 g/mol. The van der Waals surface area contributed by atoms with Crippen molar-refractivity contribution in [3.8, 4) is 0 Å². The average Bonchev–Trinajstić information content (AvgIpc) is 2.49.